The molecule has 1 N–H and O–H groups in total. The molecule has 6 heteroatoms. The summed E-state index contributed by atoms with van der Waals surface area (Å²) < 4.78 is 4.78. The van der Waals surface area contributed by atoms with Gasteiger partial charge in [-0.1, -0.05) is 22.8 Å². The first-order valence-corrected chi connectivity index (χ1v) is 6.39. The van der Waals surface area contributed by atoms with E-state index in [2.05, 4.69) is 10.0 Å². The number of aryl methyl sites for hydroxylation is 3. The van der Waals surface area contributed by atoms with Crippen molar-refractivity contribution in [3.8, 4) is 0 Å². The maximum Gasteiger partial charge on any atom is 0.335 e. The third kappa shape index (κ3) is 3.50. The van der Waals surface area contributed by atoms with Gasteiger partial charge in [-0.15, -0.1) is 0 Å². The van der Waals surface area contributed by atoms with Crippen molar-refractivity contribution in [3.05, 3.63) is 44.8 Å². The maximum atomic E-state index is 11.7. The first-order valence-electron chi connectivity index (χ1n) is 6.39. The van der Waals surface area contributed by atoms with Crippen molar-refractivity contribution in [2.45, 2.75) is 39.8 Å². The molecule has 0 radical (unpaired) electrons. The van der Waals surface area contributed by atoms with E-state index >= 15 is 0 Å². The third-order valence-electron chi connectivity index (χ3n) is 3.04. The van der Waals surface area contributed by atoms with Crippen LogP contribution in [0.3, 0.4) is 0 Å². The lowest BCUT2D eigenvalue weighted by molar-refractivity contribution is -0.154. The summed E-state index contributed by atoms with van der Waals surface area (Å²) >= 11 is 0. The molecule has 0 bridgehead atoms. The Hall–Kier alpha value is -2.04. The van der Waals surface area contributed by atoms with Crippen molar-refractivity contribution < 1.29 is 14.6 Å². The number of carbonyl (C=O) groups excluding carboxylic acids is 1. The fourth-order valence-electron chi connectivity index (χ4n) is 2.35. The van der Waals surface area contributed by atoms with Crippen molar-refractivity contribution in [3.63, 3.8) is 0 Å². The van der Waals surface area contributed by atoms with Crippen LogP contribution in [0.1, 0.15) is 35.2 Å². The number of benzene rings is 1. The van der Waals surface area contributed by atoms with Gasteiger partial charge in [0.05, 0.1) is 12.6 Å². The van der Waals surface area contributed by atoms with Gasteiger partial charge in [0, 0.05) is 4.91 Å². The molecule has 108 valence electrons. The van der Waals surface area contributed by atoms with Crippen LogP contribution >= 0.6 is 0 Å². The van der Waals surface area contributed by atoms with Gasteiger partial charge in [-0.2, -0.15) is 0 Å². The number of azide groups is 1. The molecule has 6 nitrogen and oxygen atoms in total. The van der Waals surface area contributed by atoms with E-state index in [9.17, 15) is 9.90 Å². The first-order chi connectivity index (χ1) is 9.42. The molecule has 0 fully saturated rings. The predicted molar refractivity (Wildman–Crippen MR) is 75.2 cm³/mol. The smallest absolute Gasteiger partial charge is 0.335 e. The molecular weight excluding hydrogens is 258 g/mol. The molecule has 2 atom stereocenters. The lowest BCUT2D eigenvalue weighted by Gasteiger charge is -2.21. The van der Waals surface area contributed by atoms with Gasteiger partial charge in [0.15, 0.2) is 6.10 Å². The van der Waals surface area contributed by atoms with Crippen molar-refractivity contribution >= 4 is 5.97 Å². The summed E-state index contributed by atoms with van der Waals surface area (Å²) in [6, 6.07) is 2.85. The molecule has 1 aromatic carbocycles. The molecule has 0 spiro atoms. The number of nitrogens with zero attached hydrogens (tertiary/aromatic N) is 3. The zero-order chi connectivity index (χ0) is 15.3. The second-order valence-corrected chi connectivity index (χ2v) is 4.66. The van der Waals surface area contributed by atoms with Gasteiger partial charge in [-0.3, -0.25) is 0 Å². The van der Waals surface area contributed by atoms with E-state index < -0.39 is 18.1 Å². The van der Waals surface area contributed by atoms with Gasteiger partial charge >= 0.3 is 5.97 Å². The molecule has 0 saturated carbocycles. The number of hydrogen-bond acceptors (Lipinski definition) is 4. The fraction of sp³-hybridized carbons (Fsp3) is 0.500. The van der Waals surface area contributed by atoms with Gasteiger partial charge < -0.3 is 9.84 Å². The Morgan fingerprint density at radius 2 is 1.95 bits per heavy atom. The Bertz CT molecular complexity index is 528. The van der Waals surface area contributed by atoms with E-state index in [1.807, 2.05) is 32.9 Å². The summed E-state index contributed by atoms with van der Waals surface area (Å²) in [4.78, 5) is 14.4. The number of aliphatic hydroxyl groups excluding tert-OH is 1. The topological polar surface area (TPSA) is 95.3 Å². The van der Waals surface area contributed by atoms with Crippen LogP contribution in [-0.4, -0.2) is 23.8 Å². The Kier molecular flexibility index (Phi) is 5.55. The third-order valence-corrected chi connectivity index (χ3v) is 3.04. The predicted octanol–water partition coefficient (Wildman–Crippen LogP) is 2.89. The van der Waals surface area contributed by atoms with Crippen LogP contribution in [0.25, 0.3) is 10.4 Å². The second kappa shape index (κ2) is 6.93. The number of esters is 1. The number of aliphatic hydroxyl groups is 1. The molecule has 1 rings (SSSR count). The quantitative estimate of drug-likeness (QED) is 0.388. The summed E-state index contributed by atoms with van der Waals surface area (Å²) in [6.45, 7) is 7.47. The highest BCUT2D eigenvalue weighted by Crippen LogP contribution is 2.29. The lowest BCUT2D eigenvalue weighted by Crippen LogP contribution is -2.29. The zero-order valence-electron chi connectivity index (χ0n) is 12.1. The minimum absolute atomic E-state index is 0.157. The van der Waals surface area contributed by atoms with E-state index in [0.29, 0.717) is 5.56 Å². The SMILES string of the molecule is CCOC(=O)[C@H](O)C(N=[N+]=[N-])c1c(C)cc(C)cc1C. The normalized spacial score (nSPS) is 13.2. The van der Waals surface area contributed by atoms with Crippen LogP contribution in [0.15, 0.2) is 17.2 Å². The fourth-order valence-corrected chi connectivity index (χ4v) is 2.35. The van der Waals surface area contributed by atoms with Crippen LogP contribution in [0, 0.1) is 20.8 Å². The van der Waals surface area contributed by atoms with Gasteiger partial charge in [0.25, 0.3) is 0 Å². The Morgan fingerprint density at radius 3 is 2.40 bits per heavy atom. The molecule has 0 aliphatic rings. The minimum atomic E-state index is -1.51. The summed E-state index contributed by atoms with van der Waals surface area (Å²) in [6.07, 6.45) is -1.51. The summed E-state index contributed by atoms with van der Waals surface area (Å²) in [5.41, 5.74) is 12.1. The largest absolute Gasteiger partial charge is 0.464 e. The standard InChI is InChI=1S/C14H19N3O3/c1-5-20-14(19)13(18)12(16-17-15)11-9(3)6-8(2)7-10(11)4/h6-7,12-13,18H,5H2,1-4H3/t12?,13-/m1/s1. The number of ether oxygens (including phenoxy) is 1. The summed E-state index contributed by atoms with van der Waals surface area (Å²) in [7, 11) is 0. The van der Waals surface area contributed by atoms with Gasteiger partial charge in [0.2, 0.25) is 0 Å². The molecule has 0 aliphatic carbocycles. The molecule has 20 heavy (non-hydrogen) atoms. The summed E-state index contributed by atoms with van der Waals surface area (Å²) in [5.74, 6) is -0.788. The average molecular weight is 277 g/mol. The van der Waals surface area contributed by atoms with Crippen molar-refractivity contribution in [1.29, 1.82) is 0 Å². The highest BCUT2D eigenvalue weighted by molar-refractivity contribution is 5.76. The number of carbonyl (C=O) groups is 1. The Balaban J connectivity index is 3.28. The Labute approximate surface area is 118 Å². The Morgan fingerprint density at radius 1 is 1.40 bits per heavy atom. The van der Waals surface area contributed by atoms with Crippen LogP contribution < -0.4 is 0 Å². The van der Waals surface area contributed by atoms with Crippen molar-refractivity contribution in [2.75, 3.05) is 6.61 Å². The molecular formula is C14H19N3O3. The summed E-state index contributed by atoms with van der Waals surface area (Å²) in [5, 5.41) is 13.7. The van der Waals surface area contributed by atoms with E-state index in [0.717, 1.165) is 16.7 Å². The zero-order valence-corrected chi connectivity index (χ0v) is 12.1. The number of rotatable bonds is 5. The van der Waals surface area contributed by atoms with E-state index in [-0.39, 0.29) is 6.61 Å². The molecule has 0 aromatic heterocycles. The highest BCUT2D eigenvalue weighted by atomic mass is 16.5. The minimum Gasteiger partial charge on any atom is -0.464 e. The molecule has 0 saturated heterocycles. The average Bonchev–Trinajstić information content (AvgIpc) is 2.36. The van der Waals surface area contributed by atoms with Crippen molar-refractivity contribution in [2.24, 2.45) is 5.11 Å². The number of hydrogen-bond donors (Lipinski definition) is 1. The highest BCUT2D eigenvalue weighted by Gasteiger charge is 2.30. The maximum absolute atomic E-state index is 11.7. The van der Waals surface area contributed by atoms with Gasteiger partial charge in [0.1, 0.15) is 0 Å². The van der Waals surface area contributed by atoms with E-state index in [1.54, 1.807) is 6.92 Å². The van der Waals surface area contributed by atoms with Gasteiger partial charge in [-0.25, -0.2) is 4.79 Å². The monoisotopic (exact) mass is 277 g/mol. The van der Waals surface area contributed by atoms with Crippen LogP contribution in [-0.2, 0) is 9.53 Å². The molecule has 0 amide bonds. The molecule has 1 unspecified atom stereocenters. The lowest BCUT2D eigenvalue weighted by atomic mass is 9.91. The van der Waals surface area contributed by atoms with Gasteiger partial charge in [-0.05, 0) is 49.9 Å². The molecule has 0 aliphatic heterocycles. The van der Waals surface area contributed by atoms with Crippen LogP contribution in [0.2, 0.25) is 0 Å². The first kappa shape index (κ1) is 16.0. The van der Waals surface area contributed by atoms with Crippen LogP contribution in [0.4, 0.5) is 0 Å². The van der Waals surface area contributed by atoms with Crippen LogP contribution in [0.5, 0.6) is 0 Å². The van der Waals surface area contributed by atoms with E-state index in [4.69, 9.17) is 10.3 Å². The van der Waals surface area contributed by atoms with E-state index in [1.165, 1.54) is 0 Å². The molecule has 1 aromatic rings. The second-order valence-electron chi connectivity index (χ2n) is 4.66. The molecule has 0 heterocycles. The van der Waals surface area contributed by atoms with Crippen molar-refractivity contribution in [1.82, 2.24) is 0 Å².